The molecule has 2 aromatic rings. The van der Waals surface area contributed by atoms with Gasteiger partial charge in [0.25, 0.3) is 5.91 Å². The van der Waals surface area contributed by atoms with Gasteiger partial charge in [-0.15, -0.1) is 0 Å². The van der Waals surface area contributed by atoms with Crippen LogP contribution < -0.4 is 16.0 Å². The molecule has 3 N–H and O–H groups in total. The average Bonchev–Trinajstić information content (AvgIpc) is 2.89. The summed E-state index contributed by atoms with van der Waals surface area (Å²) in [6.07, 6.45) is -4.90. The minimum absolute atomic E-state index is 0.0244. The van der Waals surface area contributed by atoms with Crippen LogP contribution in [-0.2, 0) is 15.8 Å². The summed E-state index contributed by atoms with van der Waals surface area (Å²) in [5, 5.41) is 6.92. The van der Waals surface area contributed by atoms with Crippen LogP contribution >= 0.6 is 0 Å². The highest BCUT2D eigenvalue weighted by molar-refractivity contribution is 5.96. The number of hydrogen-bond acceptors (Lipinski definition) is 5. The first-order chi connectivity index (χ1) is 18.8. The van der Waals surface area contributed by atoms with E-state index in [2.05, 4.69) is 20.5 Å². The molecular weight excluding hydrogens is 544 g/mol. The monoisotopic (exact) mass is 571 g/mol. The Morgan fingerprint density at radius 3 is 2.25 bits per heavy atom. The topological polar surface area (TPSA) is 103 Å². The third kappa shape index (κ3) is 7.49. The third-order valence-electron chi connectivity index (χ3n) is 7.07. The van der Waals surface area contributed by atoms with E-state index in [1.54, 1.807) is 11.4 Å². The van der Waals surface area contributed by atoms with E-state index in [-0.39, 0.29) is 29.8 Å². The number of benzene rings is 1. The average molecular weight is 572 g/mol. The number of carbonyl (C=O) groups excluding carboxylic acids is 3. The summed E-state index contributed by atoms with van der Waals surface area (Å²) in [6.45, 7) is 0.908. The van der Waals surface area contributed by atoms with E-state index in [9.17, 15) is 40.7 Å². The molecule has 0 unspecified atom stereocenters. The van der Waals surface area contributed by atoms with Crippen LogP contribution in [-0.4, -0.2) is 65.5 Å². The number of nitrogens with one attached hydrogen (secondary N) is 3. The van der Waals surface area contributed by atoms with Gasteiger partial charge in [0.05, 0.1) is 30.0 Å². The minimum atomic E-state index is -4.97. The fourth-order valence-corrected chi connectivity index (χ4v) is 4.94. The Morgan fingerprint density at radius 2 is 1.65 bits per heavy atom. The van der Waals surface area contributed by atoms with Gasteiger partial charge in [0.15, 0.2) is 0 Å². The van der Waals surface area contributed by atoms with Crippen molar-refractivity contribution in [3.8, 4) is 0 Å². The molecule has 0 radical (unpaired) electrons. The van der Waals surface area contributed by atoms with Gasteiger partial charge in [-0.25, -0.2) is 0 Å². The lowest BCUT2D eigenvalue weighted by Gasteiger charge is -2.46. The van der Waals surface area contributed by atoms with E-state index < -0.39 is 35.6 Å². The van der Waals surface area contributed by atoms with Gasteiger partial charge in [0, 0.05) is 36.3 Å². The van der Waals surface area contributed by atoms with E-state index in [4.69, 9.17) is 0 Å². The van der Waals surface area contributed by atoms with Gasteiger partial charge in [-0.05, 0) is 56.0 Å². The smallest absolute Gasteiger partial charge is 0.349 e. The summed E-state index contributed by atoms with van der Waals surface area (Å²) in [5.74, 6) is -3.11. The Hall–Kier alpha value is -3.68. The number of alkyl halides is 6. The molecule has 1 saturated carbocycles. The second-order valence-corrected chi connectivity index (χ2v) is 9.91. The van der Waals surface area contributed by atoms with Crippen LogP contribution in [0.1, 0.15) is 53.2 Å². The Morgan fingerprint density at radius 1 is 0.950 bits per heavy atom. The molecule has 2 heterocycles. The zero-order valence-corrected chi connectivity index (χ0v) is 21.1. The van der Waals surface area contributed by atoms with Crippen LogP contribution in [0.4, 0.5) is 32.0 Å². The molecule has 1 aliphatic carbocycles. The Kier molecular flexibility index (Phi) is 8.66. The van der Waals surface area contributed by atoms with Gasteiger partial charge in [0.1, 0.15) is 0 Å². The number of anilines is 1. The summed E-state index contributed by atoms with van der Waals surface area (Å²) in [6, 6.07) is 7.20. The van der Waals surface area contributed by atoms with E-state index in [1.807, 2.05) is 0 Å². The van der Waals surface area contributed by atoms with Gasteiger partial charge < -0.3 is 16.0 Å². The predicted molar refractivity (Wildman–Crippen MR) is 131 cm³/mol. The van der Waals surface area contributed by atoms with E-state index in [1.165, 1.54) is 18.3 Å². The molecule has 1 aromatic carbocycles. The Balaban J connectivity index is 1.15. The quantitative estimate of drug-likeness (QED) is 0.438. The summed E-state index contributed by atoms with van der Waals surface area (Å²) in [5.41, 5.74) is -0.405. The molecule has 1 aliphatic heterocycles. The number of pyridine rings is 1. The zero-order valence-electron chi connectivity index (χ0n) is 21.1. The lowest BCUT2D eigenvalue weighted by Crippen LogP contribution is -2.63. The Labute approximate surface area is 225 Å². The van der Waals surface area contributed by atoms with Crippen LogP contribution in [0.2, 0.25) is 0 Å². The van der Waals surface area contributed by atoms with Gasteiger partial charge >= 0.3 is 18.3 Å². The van der Waals surface area contributed by atoms with E-state index in [0.29, 0.717) is 19.1 Å². The number of hydrogen-bond donors (Lipinski definition) is 3. The fourth-order valence-electron chi connectivity index (χ4n) is 4.94. The molecule has 1 saturated heterocycles. The van der Waals surface area contributed by atoms with Gasteiger partial charge in [0.2, 0.25) is 5.91 Å². The molecule has 4 rings (SSSR count). The summed E-state index contributed by atoms with van der Waals surface area (Å²) >= 11 is 0. The predicted octanol–water partition coefficient (Wildman–Crippen LogP) is 3.86. The number of likely N-dealkylation sites (tertiary alicyclic amines) is 1. The first-order valence-corrected chi connectivity index (χ1v) is 12.6. The highest BCUT2D eigenvalue weighted by atomic mass is 19.4. The van der Waals surface area contributed by atoms with E-state index in [0.717, 1.165) is 49.6 Å². The number of halogens is 6. The minimum Gasteiger partial charge on any atom is -0.349 e. The second kappa shape index (κ2) is 11.8. The number of rotatable bonds is 7. The number of amides is 3. The lowest BCUT2D eigenvalue weighted by atomic mass is 9.82. The van der Waals surface area contributed by atoms with Gasteiger partial charge in [-0.3, -0.25) is 24.3 Å². The molecule has 3 amide bonds. The van der Waals surface area contributed by atoms with Crippen molar-refractivity contribution in [2.45, 2.75) is 56.0 Å². The number of carbonyl (C=O) groups is 3. The molecule has 0 spiro atoms. The number of aromatic nitrogens is 1. The SMILES string of the molecule is O=C(CNC(=O)c1cccc(C(F)(F)F)c1)NC1CN(C2CCC(c3ccc(NC(=O)C(F)(F)F)cn3)CC2)C1. The molecule has 216 valence electrons. The third-order valence-corrected chi connectivity index (χ3v) is 7.07. The van der Waals surface area contributed by atoms with Crippen molar-refractivity contribution in [3.63, 3.8) is 0 Å². The molecular formula is C26H27F6N5O3. The van der Waals surface area contributed by atoms with Crippen LogP contribution in [0.5, 0.6) is 0 Å². The van der Waals surface area contributed by atoms with Crippen molar-refractivity contribution in [1.82, 2.24) is 20.5 Å². The highest BCUT2D eigenvalue weighted by Gasteiger charge is 2.39. The standard InChI is InChI=1S/C26H27F6N5O3/c27-25(28,29)17-3-1-2-16(10-17)23(39)34-12-22(38)35-19-13-37(14-19)20-7-4-15(5-8-20)21-9-6-18(11-33-21)36-24(40)26(30,31)32/h1-3,6,9-11,15,19-20H,4-5,7-8,12-14H2,(H,34,39)(H,35,38)(H,36,40). The second-order valence-electron chi connectivity index (χ2n) is 9.91. The molecule has 2 aliphatic rings. The molecule has 2 fully saturated rings. The largest absolute Gasteiger partial charge is 0.471 e. The van der Waals surface area contributed by atoms with Gasteiger partial charge in [-0.1, -0.05) is 6.07 Å². The van der Waals surface area contributed by atoms with Crippen molar-refractivity contribution in [2.24, 2.45) is 0 Å². The maximum Gasteiger partial charge on any atom is 0.471 e. The van der Waals surface area contributed by atoms with Crippen molar-refractivity contribution in [1.29, 1.82) is 0 Å². The summed E-state index contributed by atoms with van der Waals surface area (Å²) in [4.78, 5) is 41.9. The Bertz CT molecular complexity index is 1220. The van der Waals surface area contributed by atoms with Crippen LogP contribution in [0.25, 0.3) is 0 Å². The maximum absolute atomic E-state index is 12.8. The summed E-state index contributed by atoms with van der Waals surface area (Å²) < 4.78 is 75.7. The molecule has 0 atom stereocenters. The van der Waals surface area contributed by atoms with Crippen molar-refractivity contribution >= 4 is 23.4 Å². The lowest BCUT2D eigenvalue weighted by molar-refractivity contribution is -0.167. The van der Waals surface area contributed by atoms with Crippen LogP contribution in [0.15, 0.2) is 42.6 Å². The molecule has 1 aromatic heterocycles. The van der Waals surface area contributed by atoms with Crippen molar-refractivity contribution in [3.05, 3.63) is 59.4 Å². The zero-order chi connectivity index (χ0) is 29.1. The highest BCUT2D eigenvalue weighted by Crippen LogP contribution is 2.35. The van der Waals surface area contributed by atoms with Crippen molar-refractivity contribution < 1.29 is 40.7 Å². The first-order valence-electron chi connectivity index (χ1n) is 12.6. The molecule has 0 bridgehead atoms. The summed E-state index contributed by atoms with van der Waals surface area (Å²) in [7, 11) is 0. The maximum atomic E-state index is 12.8. The normalized spacial score (nSPS) is 20.4. The molecule has 40 heavy (non-hydrogen) atoms. The van der Waals surface area contributed by atoms with Crippen LogP contribution in [0, 0.1) is 0 Å². The first kappa shape index (κ1) is 29.3. The fraction of sp³-hybridized carbons (Fsp3) is 0.462. The molecule has 8 nitrogen and oxygen atoms in total. The van der Waals surface area contributed by atoms with Crippen molar-refractivity contribution in [2.75, 3.05) is 25.0 Å². The van der Waals surface area contributed by atoms with Gasteiger partial charge in [-0.2, -0.15) is 26.3 Å². The van der Waals surface area contributed by atoms with Crippen LogP contribution in [0.3, 0.4) is 0 Å². The molecule has 14 heteroatoms. The number of nitrogens with zero attached hydrogens (tertiary/aromatic N) is 2. The van der Waals surface area contributed by atoms with E-state index >= 15 is 0 Å².